The molecule has 1 aliphatic carbocycles. The van der Waals surface area contributed by atoms with Gasteiger partial charge in [0.1, 0.15) is 5.70 Å². The van der Waals surface area contributed by atoms with E-state index in [1.807, 2.05) is 12.1 Å². The van der Waals surface area contributed by atoms with E-state index in [1.165, 1.54) is 11.0 Å². The molecule has 0 spiro atoms. The summed E-state index contributed by atoms with van der Waals surface area (Å²) < 4.78 is 1.58. The predicted molar refractivity (Wildman–Crippen MR) is 124 cm³/mol. The number of hydrogen-bond donors (Lipinski definition) is 4. The Bertz CT molecular complexity index is 1320. The standard InChI is InChI=1S/C22H23N9O3/c1-30(2)19(33)13-5-3-12(4-6-13)10-23-20-27-17-14(9-16-18(32)28-22(34)26-16)11-24-31(17)21(29-20)25-15-7-8-15/h3-6,9,11,15H,7-8,10H2,1-2H3,(H2,23,25,27,29)(H2,26,28,32,34)/b16-9-. The summed E-state index contributed by atoms with van der Waals surface area (Å²) in [6.07, 6.45) is 5.20. The molecular weight excluding hydrogens is 438 g/mol. The average Bonchev–Trinajstić information content (AvgIpc) is 3.45. The number of amides is 4. The fourth-order valence-electron chi connectivity index (χ4n) is 3.42. The van der Waals surface area contributed by atoms with E-state index in [2.05, 4.69) is 36.3 Å². The number of benzene rings is 1. The van der Waals surface area contributed by atoms with Crippen molar-refractivity contribution in [2.24, 2.45) is 0 Å². The van der Waals surface area contributed by atoms with E-state index in [4.69, 9.17) is 0 Å². The maximum atomic E-state index is 12.1. The molecule has 12 nitrogen and oxygen atoms in total. The van der Waals surface area contributed by atoms with Crippen molar-refractivity contribution >= 4 is 41.5 Å². The number of imide groups is 1. The summed E-state index contributed by atoms with van der Waals surface area (Å²) in [4.78, 5) is 46.1. The number of carbonyl (C=O) groups excluding carboxylic acids is 3. The smallest absolute Gasteiger partial charge is 0.326 e. The van der Waals surface area contributed by atoms with Crippen LogP contribution in [0.2, 0.25) is 0 Å². The summed E-state index contributed by atoms with van der Waals surface area (Å²) in [5.41, 5.74) is 2.73. The van der Waals surface area contributed by atoms with Crippen LogP contribution in [0, 0.1) is 0 Å². The molecule has 34 heavy (non-hydrogen) atoms. The van der Waals surface area contributed by atoms with Crippen LogP contribution in [-0.4, -0.2) is 62.5 Å². The molecule has 12 heteroatoms. The summed E-state index contributed by atoms with van der Waals surface area (Å²) in [5.74, 6) is 0.346. The SMILES string of the molecule is CN(C)C(=O)c1ccc(CNc2nc(NC3CC3)n3ncc(/C=C4\NC(=O)NC4=O)c3n2)cc1. The van der Waals surface area contributed by atoms with Gasteiger partial charge in [-0.15, -0.1) is 0 Å². The Hall–Kier alpha value is -4.48. The minimum absolute atomic E-state index is 0.0568. The van der Waals surface area contributed by atoms with Crippen molar-refractivity contribution in [1.82, 2.24) is 35.1 Å². The molecule has 3 aromatic rings. The second kappa shape index (κ2) is 8.46. The van der Waals surface area contributed by atoms with Crippen LogP contribution in [0.15, 0.2) is 36.2 Å². The second-order valence-corrected chi connectivity index (χ2v) is 8.34. The van der Waals surface area contributed by atoms with Gasteiger partial charge in [-0.25, -0.2) is 4.79 Å². The zero-order valence-electron chi connectivity index (χ0n) is 18.6. The van der Waals surface area contributed by atoms with E-state index in [0.29, 0.717) is 41.3 Å². The van der Waals surface area contributed by atoms with E-state index < -0.39 is 11.9 Å². The lowest BCUT2D eigenvalue weighted by Crippen LogP contribution is -2.22. The number of rotatable bonds is 7. The molecule has 1 aromatic carbocycles. The molecule has 0 atom stereocenters. The molecule has 1 aliphatic heterocycles. The molecule has 2 aliphatic rings. The molecule has 0 unspecified atom stereocenters. The molecule has 4 amide bonds. The van der Waals surface area contributed by atoms with Crippen molar-refractivity contribution in [2.75, 3.05) is 24.7 Å². The van der Waals surface area contributed by atoms with Crippen molar-refractivity contribution in [3.05, 3.63) is 52.8 Å². The van der Waals surface area contributed by atoms with Gasteiger partial charge < -0.3 is 20.9 Å². The molecule has 0 bridgehead atoms. The van der Waals surface area contributed by atoms with Crippen molar-refractivity contribution in [2.45, 2.75) is 25.4 Å². The third kappa shape index (κ3) is 4.37. The molecule has 0 radical (unpaired) electrons. The van der Waals surface area contributed by atoms with Gasteiger partial charge in [-0.05, 0) is 36.6 Å². The van der Waals surface area contributed by atoms with E-state index in [1.54, 1.807) is 36.9 Å². The van der Waals surface area contributed by atoms with Crippen LogP contribution in [-0.2, 0) is 11.3 Å². The number of urea groups is 1. The Kier molecular flexibility index (Phi) is 5.32. The number of hydrogen-bond acceptors (Lipinski definition) is 8. The molecule has 5 rings (SSSR count). The fourth-order valence-corrected chi connectivity index (χ4v) is 3.42. The first-order chi connectivity index (χ1) is 16.4. The first kappa shape index (κ1) is 21.4. The number of fused-ring (bicyclic) bond motifs is 1. The fraction of sp³-hybridized carbons (Fsp3) is 0.273. The van der Waals surface area contributed by atoms with Crippen LogP contribution in [0.25, 0.3) is 11.7 Å². The second-order valence-electron chi connectivity index (χ2n) is 8.34. The summed E-state index contributed by atoms with van der Waals surface area (Å²) in [6, 6.07) is 7.08. The monoisotopic (exact) mass is 461 g/mol. The Morgan fingerprint density at radius 2 is 1.94 bits per heavy atom. The third-order valence-electron chi connectivity index (χ3n) is 5.38. The Morgan fingerprint density at radius 3 is 2.59 bits per heavy atom. The van der Waals surface area contributed by atoms with Gasteiger partial charge in [0, 0.05) is 37.8 Å². The molecule has 2 fully saturated rings. The number of anilines is 2. The van der Waals surface area contributed by atoms with Gasteiger partial charge in [-0.3, -0.25) is 14.9 Å². The average molecular weight is 461 g/mol. The molecule has 1 saturated carbocycles. The molecule has 4 N–H and O–H groups in total. The minimum Gasteiger partial charge on any atom is -0.351 e. The maximum Gasteiger partial charge on any atom is 0.326 e. The van der Waals surface area contributed by atoms with Crippen LogP contribution in [0.4, 0.5) is 16.7 Å². The van der Waals surface area contributed by atoms with Crippen LogP contribution in [0.5, 0.6) is 0 Å². The van der Waals surface area contributed by atoms with E-state index >= 15 is 0 Å². The van der Waals surface area contributed by atoms with Gasteiger partial charge in [0.25, 0.3) is 11.8 Å². The summed E-state index contributed by atoms with van der Waals surface area (Å²) >= 11 is 0. The van der Waals surface area contributed by atoms with Crippen molar-refractivity contribution in [1.29, 1.82) is 0 Å². The Labute approximate surface area is 194 Å². The van der Waals surface area contributed by atoms with Crippen molar-refractivity contribution < 1.29 is 14.4 Å². The largest absolute Gasteiger partial charge is 0.351 e. The highest BCUT2D eigenvalue weighted by atomic mass is 16.2. The topological polar surface area (TPSA) is 146 Å². The Morgan fingerprint density at radius 1 is 1.18 bits per heavy atom. The summed E-state index contributed by atoms with van der Waals surface area (Å²) in [6.45, 7) is 0.443. The van der Waals surface area contributed by atoms with Gasteiger partial charge in [-0.2, -0.15) is 19.6 Å². The zero-order valence-corrected chi connectivity index (χ0v) is 18.6. The summed E-state index contributed by atoms with van der Waals surface area (Å²) in [7, 11) is 3.43. The van der Waals surface area contributed by atoms with Crippen LogP contribution in [0.3, 0.4) is 0 Å². The van der Waals surface area contributed by atoms with Crippen LogP contribution >= 0.6 is 0 Å². The third-order valence-corrected chi connectivity index (χ3v) is 5.38. The number of aromatic nitrogens is 4. The molecular formula is C22H23N9O3. The number of carbonyl (C=O) groups is 3. The highest BCUT2D eigenvalue weighted by Gasteiger charge is 2.26. The van der Waals surface area contributed by atoms with E-state index in [9.17, 15) is 14.4 Å². The molecule has 3 heterocycles. The van der Waals surface area contributed by atoms with Gasteiger partial charge in [0.15, 0.2) is 5.65 Å². The molecule has 1 saturated heterocycles. The lowest BCUT2D eigenvalue weighted by molar-refractivity contribution is -0.115. The summed E-state index contributed by atoms with van der Waals surface area (Å²) in [5, 5.41) is 15.6. The van der Waals surface area contributed by atoms with Crippen LogP contribution in [0.1, 0.15) is 34.3 Å². The van der Waals surface area contributed by atoms with E-state index in [-0.39, 0.29) is 11.6 Å². The Balaban J connectivity index is 1.41. The zero-order chi connectivity index (χ0) is 23.8. The molecule has 2 aromatic heterocycles. The van der Waals surface area contributed by atoms with Crippen LogP contribution < -0.4 is 21.3 Å². The predicted octanol–water partition coefficient (Wildman–Crippen LogP) is 1.19. The molecule has 174 valence electrons. The number of nitrogens with one attached hydrogen (secondary N) is 4. The normalized spacial score (nSPS) is 16.5. The first-order valence-electron chi connectivity index (χ1n) is 10.8. The lowest BCUT2D eigenvalue weighted by Gasteiger charge is -2.12. The lowest BCUT2D eigenvalue weighted by atomic mass is 10.1. The van der Waals surface area contributed by atoms with Gasteiger partial charge in [0.05, 0.1) is 6.20 Å². The maximum absolute atomic E-state index is 12.1. The van der Waals surface area contributed by atoms with Gasteiger partial charge in [0.2, 0.25) is 11.9 Å². The van der Waals surface area contributed by atoms with Gasteiger partial charge >= 0.3 is 6.03 Å². The minimum atomic E-state index is -0.570. The highest BCUT2D eigenvalue weighted by molar-refractivity contribution is 6.14. The van der Waals surface area contributed by atoms with E-state index in [0.717, 1.165) is 18.4 Å². The number of nitrogens with zero attached hydrogens (tertiary/aromatic N) is 5. The quantitative estimate of drug-likeness (QED) is 0.303. The van der Waals surface area contributed by atoms with Gasteiger partial charge in [-0.1, -0.05) is 12.1 Å². The first-order valence-corrected chi connectivity index (χ1v) is 10.8. The van der Waals surface area contributed by atoms with Crippen molar-refractivity contribution in [3.63, 3.8) is 0 Å². The highest BCUT2D eigenvalue weighted by Crippen LogP contribution is 2.25. The van der Waals surface area contributed by atoms with Crippen molar-refractivity contribution in [3.8, 4) is 0 Å².